The van der Waals surface area contributed by atoms with E-state index in [1.54, 1.807) is 0 Å². The Morgan fingerprint density at radius 2 is 1.39 bits per heavy atom. The lowest BCUT2D eigenvalue weighted by atomic mass is 9.83. The second-order valence-corrected chi connectivity index (χ2v) is 5.03. The second-order valence-electron chi connectivity index (χ2n) is 5.03. The van der Waals surface area contributed by atoms with E-state index in [0.29, 0.717) is 0 Å². The highest BCUT2D eigenvalue weighted by Gasteiger charge is 2.24. The van der Waals surface area contributed by atoms with Gasteiger partial charge in [-0.15, -0.1) is 0 Å². The van der Waals surface area contributed by atoms with Gasteiger partial charge in [0, 0.05) is 14.1 Å². The van der Waals surface area contributed by atoms with Gasteiger partial charge in [-0.05, 0) is 28.7 Å². The summed E-state index contributed by atoms with van der Waals surface area (Å²) in [6.07, 6.45) is 1.04. The molecule has 0 aliphatic heterocycles. The summed E-state index contributed by atoms with van der Waals surface area (Å²) in [5, 5.41) is 2.03. The molecule has 0 aromatic heterocycles. The second kappa shape index (κ2) is 4.56. The minimum Gasteiger partial charge on any atom is -0.250 e. The van der Waals surface area contributed by atoms with Crippen molar-refractivity contribution in [2.75, 3.05) is 14.1 Å². The van der Waals surface area contributed by atoms with Gasteiger partial charge in [-0.1, -0.05) is 48.5 Å². The number of hydrogen-bond donors (Lipinski definition) is 1. The molecule has 0 unspecified atom stereocenters. The van der Waals surface area contributed by atoms with Crippen molar-refractivity contribution in [2.45, 2.75) is 12.5 Å². The summed E-state index contributed by atoms with van der Waals surface area (Å²) in [6.45, 7) is 0. The summed E-state index contributed by atoms with van der Waals surface area (Å²) in [4.78, 5) is 0. The van der Waals surface area contributed by atoms with Crippen LogP contribution in [-0.2, 0) is 6.42 Å². The van der Waals surface area contributed by atoms with Gasteiger partial charge >= 0.3 is 0 Å². The Labute approximate surface area is 108 Å². The molecule has 18 heavy (non-hydrogen) atoms. The Balaban J connectivity index is 2.11. The van der Waals surface area contributed by atoms with Crippen molar-refractivity contribution < 1.29 is 0 Å². The Morgan fingerprint density at radius 1 is 0.889 bits per heavy atom. The van der Waals surface area contributed by atoms with Gasteiger partial charge in [-0.3, -0.25) is 0 Å². The first-order valence-electron chi connectivity index (χ1n) is 6.35. The number of fused-ring (bicyclic) bond motifs is 2. The highest BCUT2D eigenvalue weighted by Crippen LogP contribution is 2.34. The normalized spacial score (nSPS) is 14.4. The third-order valence-corrected chi connectivity index (χ3v) is 3.50. The molecule has 0 amide bonds. The number of hydrazine groups is 1. The van der Waals surface area contributed by atoms with Crippen LogP contribution in [0, 0.1) is 0 Å². The maximum atomic E-state index is 3.53. The third-order valence-electron chi connectivity index (χ3n) is 3.50. The number of nitrogens with zero attached hydrogens (tertiary/aromatic N) is 1. The molecule has 2 nitrogen and oxygen atoms in total. The molecule has 2 heteroatoms. The van der Waals surface area contributed by atoms with E-state index in [9.17, 15) is 0 Å². The van der Waals surface area contributed by atoms with Crippen LogP contribution in [0.1, 0.15) is 28.3 Å². The predicted octanol–water partition coefficient (Wildman–Crippen LogP) is 2.75. The van der Waals surface area contributed by atoms with Crippen LogP contribution in [-0.4, -0.2) is 19.1 Å². The highest BCUT2D eigenvalue weighted by atomic mass is 15.5. The zero-order chi connectivity index (χ0) is 12.5. The Bertz CT molecular complexity index is 515. The first-order valence-corrected chi connectivity index (χ1v) is 6.35. The minimum absolute atomic E-state index is 0.265. The van der Waals surface area contributed by atoms with Crippen molar-refractivity contribution in [1.29, 1.82) is 0 Å². The van der Waals surface area contributed by atoms with E-state index in [2.05, 4.69) is 54.0 Å². The zero-order valence-corrected chi connectivity index (χ0v) is 10.9. The molecule has 0 bridgehead atoms. The molecule has 0 heterocycles. The molecule has 2 aromatic carbocycles. The molecular weight excluding hydrogens is 220 g/mol. The maximum absolute atomic E-state index is 3.53. The lowest BCUT2D eigenvalue weighted by Crippen LogP contribution is -2.37. The summed E-state index contributed by atoms with van der Waals surface area (Å²) in [7, 11) is 4.08. The Morgan fingerprint density at radius 3 is 1.89 bits per heavy atom. The number of nitrogens with one attached hydrogen (secondary N) is 1. The largest absolute Gasteiger partial charge is 0.250 e. The van der Waals surface area contributed by atoms with E-state index < -0.39 is 0 Å². The van der Waals surface area contributed by atoms with Crippen molar-refractivity contribution in [3.05, 3.63) is 70.8 Å². The van der Waals surface area contributed by atoms with Crippen LogP contribution in [0.5, 0.6) is 0 Å². The summed E-state index contributed by atoms with van der Waals surface area (Å²) >= 11 is 0. The van der Waals surface area contributed by atoms with Crippen LogP contribution < -0.4 is 5.43 Å². The zero-order valence-electron chi connectivity index (χ0n) is 10.9. The molecule has 3 rings (SSSR count). The van der Waals surface area contributed by atoms with E-state index in [-0.39, 0.29) is 6.04 Å². The number of benzene rings is 2. The fraction of sp³-hybridized carbons (Fsp3) is 0.250. The predicted molar refractivity (Wildman–Crippen MR) is 74.4 cm³/mol. The summed E-state index contributed by atoms with van der Waals surface area (Å²) in [5.74, 6) is 0. The summed E-state index contributed by atoms with van der Waals surface area (Å²) in [6, 6.07) is 17.7. The highest BCUT2D eigenvalue weighted by molar-refractivity contribution is 5.48. The van der Waals surface area contributed by atoms with Crippen molar-refractivity contribution in [1.82, 2.24) is 10.4 Å². The van der Waals surface area contributed by atoms with Gasteiger partial charge in [0.05, 0.1) is 6.04 Å². The van der Waals surface area contributed by atoms with E-state index in [4.69, 9.17) is 0 Å². The Kier molecular flexibility index (Phi) is 2.90. The maximum Gasteiger partial charge on any atom is 0.0720 e. The van der Waals surface area contributed by atoms with E-state index in [1.165, 1.54) is 22.3 Å². The van der Waals surface area contributed by atoms with Crippen molar-refractivity contribution >= 4 is 0 Å². The third kappa shape index (κ3) is 1.94. The SMILES string of the molecule is CN(C)NC1c2ccccc2Cc2ccccc21. The lowest BCUT2D eigenvalue weighted by Gasteiger charge is -2.31. The number of hydrogen-bond acceptors (Lipinski definition) is 2. The monoisotopic (exact) mass is 238 g/mol. The van der Waals surface area contributed by atoms with E-state index in [0.717, 1.165) is 6.42 Å². The van der Waals surface area contributed by atoms with Gasteiger partial charge < -0.3 is 0 Å². The van der Waals surface area contributed by atoms with Gasteiger partial charge in [0.15, 0.2) is 0 Å². The number of rotatable bonds is 2. The molecule has 1 aliphatic carbocycles. The van der Waals surface area contributed by atoms with Crippen LogP contribution in [0.3, 0.4) is 0 Å². The fourth-order valence-electron chi connectivity index (χ4n) is 2.72. The van der Waals surface area contributed by atoms with Gasteiger partial charge in [0.1, 0.15) is 0 Å². The van der Waals surface area contributed by atoms with Gasteiger partial charge in [-0.25, -0.2) is 10.4 Å². The summed E-state index contributed by atoms with van der Waals surface area (Å²) in [5.41, 5.74) is 9.17. The summed E-state index contributed by atoms with van der Waals surface area (Å²) < 4.78 is 0. The van der Waals surface area contributed by atoms with Gasteiger partial charge in [0.2, 0.25) is 0 Å². The molecule has 0 radical (unpaired) electrons. The van der Waals surface area contributed by atoms with Crippen molar-refractivity contribution in [3.63, 3.8) is 0 Å². The molecule has 0 fully saturated rings. The van der Waals surface area contributed by atoms with Crippen LogP contribution >= 0.6 is 0 Å². The molecule has 92 valence electrons. The Hall–Kier alpha value is -1.64. The van der Waals surface area contributed by atoms with Gasteiger partial charge in [-0.2, -0.15) is 0 Å². The van der Waals surface area contributed by atoms with Crippen molar-refractivity contribution in [2.24, 2.45) is 0 Å². The first kappa shape index (κ1) is 11.5. The quantitative estimate of drug-likeness (QED) is 0.809. The molecule has 1 N–H and O–H groups in total. The molecule has 1 aliphatic rings. The van der Waals surface area contributed by atoms with Gasteiger partial charge in [0.25, 0.3) is 0 Å². The molecule has 0 saturated heterocycles. The van der Waals surface area contributed by atoms with Crippen LogP contribution in [0.2, 0.25) is 0 Å². The standard InChI is InChI=1S/C16H18N2/c1-18(2)17-16-14-9-5-3-7-12(14)11-13-8-4-6-10-15(13)16/h3-10,16-17H,11H2,1-2H3. The molecular formula is C16H18N2. The minimum atomic E-state index is 0.265. The smallest absolute Gasteiger partial charge is 0.0720 e. The lowest BCUT2D eigenvalue weighted by molar-refractivity contribution is 0.259. The average Bonchev–Trinajstić information content (AvgIpc) is 2.38. The van der Waals surface area contributed by atoms with Crippen LogP contribution in [0.15, 0.2) is 48.5 Å². The molecule has 2 aromatic rings. The first-order chi connectivity index (χ1) is 8.75. The average molecular weight is 238 g/mol. The van der Waals surface area contributed by atoms with Crippen molar-refractivity contribution in [3.8, 4) is 0 Å². The molecule has 0 atom stereocenters. The molecule has 0 spiro atoms. The van der Waals surface area contributed by atoms with E-state index in [1.807, 2.05) is 19.1 Å². The van der Waals surface area contributed by atoms with Crippen LogP contribution in [0.25, 0.3) is 0 Å². The van der Waals surface area contributed by atoms with E-state index >= 15 is 0 Å². The fourth-order valence-corrected chi connectivity index (χ4v) is 2.72. The molecule has 0 saturated carbocycles. The topological polar surface area (TPSA) is 15.3 Å². The van der Waals surface area contributed by atoms with Crippen LogP contribution in [0.4, 0.5) is 0 Å².